The molecule has 0 bridgehead atoms. The Morgan fingerprint density at radius 1 is 1.50 bits per heavy atom. The van der Waals surface area contributed by atoms with Gasteiger partial charge in [-0.05, 0) is 46.2 Å². The highest BCUT2D eigenvalue weighted by atomic mass is 32.2. The summed E-state index contributed by atoms with van der Waals surface area (Å²) in [5, 5.41) is 0. The number of carbonyl (C=O) groups excluding carboxylic acids is 1. The van der Waals surface area contributed by atoms with Crippen molar-refractivity contribution < 1.29 is 9.21 Å². The zero-order valence-corrected chi connectivity index (χ0v) is 13.6. The summed E-state index contributed by atoms with van der Waals surface area (Å²) in [6.07, 6.45) is 1.07. The molecule has 1 aromatic rings. The molecule has 0 aliphatic carbocycles. The number of rotatable bonds is 3. The van der Waals surface area contributed by atoms with Crippen LogP contribution >= 0.6 is 11.8 Å². The fourth-order valence-electron chi connectivity index (χ4n) is 2.67. The standard InChI is InChI=1S/C15H24N2O2S/c1-11-8-14(12(2)19-11)15(18)17-6-5-7-20-10-13(17)9-16(3)4/h8,13H,5-7,9-10H2,1-4H3. The van der Waals surface area contributed by atoms with E-state index in [-0.39, 0.29) is 11.9 Å². The third-order valence-electron chi connectivity index (χ3n) is 3.55. The van der Waals surface area contributed by atoms with Crippen LogP contribution in [0.3, 0.4) is 0 Å². The maximum Gasteiger partial charge on any atom is 0.257 e. The molecule has 0 radical (unpaired) electrons. The van der Waals surface area contributed by atoms with Crippen molar-refractivity contribution in [3.63, 3.8) is 0 Å². The number of likely N-dealkylation sites (N-methyl/N-ethyl adjacent to an activating group) is 1. The summed E-state index contributed by atoms with van der Waals surface area (Å²) in [5.74, 6) is 3.80. The van der Waals surface area contributed by atoms with E-state index >= 15 is 0 Å². The van der Waals surface area contributed by atoms with E-state index in [4.69, 9.17) is 4.42 Å². The molecular weight excluding hydrogens is 272 g/mol. The SMILES string of the molecule is Cc1cc(C(=O)N2CCCSCC2CN(C)C)c(C)o1. The molecule has 1 saturated heterocycles. The Bertz CT molecular complexity index is 470. The first-order valence-electron chi connectivity index (χ1n) is 7.09. The fraction of sp³-hybridized carbons (Fsp3) is 0.667. The Morgan fingerprint density at radius 2 is 2.25 bits per heavy atom. The molecule has 0 saturated carbocycles. The minimum atomic E-state index is 0.119. The van der Waals surface area contributed by atoms with Crippen LogP contribution in [0.1, 0.15) is 28.3 Å². The molecule has 1 fully saturated rings. The van der Waals surface area contributed by atoms with E-state index in [0.29, 0.717) is 0 Å². The molecule has 0 spiro atoms. The third-order valence-corrected chi connectivity index (χ3v) is 4.74. The van der Waals surface area contributed by atoms with E-state index in [1.807, 2.05) is 36.6 Å². The number of hydrogen-bond acceptors (Lipinski definition) is 4. The van der Waals surface area contributed by atoms with Gasteiger partial charge in [-0.15, -0.1) is 0 Å². The van der Waals surface area contributed by atoms with Crippen molar-refractivity contribution in [1.29, 1.82) is 0 Å². The van der Waals surface area contributed by atoms with Gasteiger partial charge in [0.1, 0.15) is 11.5 Å². The monoisotopic (exact) mass is 296 g/mol. The van der Waals surface area contributed by atoms with Crippen molar-refractivity contribution in [3.8, 4) is 0 Å². The summed E-state index contributed by atoms with van der Waals surface area (Å²) in [4.78, 5) is 17.0. The first-order chi connectivity index (χ1) is 9.49. The van der Waals surface area contributed by atoms with E-state index in [1.54, 1.807) is 0 Å². The molecule has 2 rings (SSSR count). The lowest BCUT2D eigenvalue weighted by Crippen LogP contribution is -2.46. The zero-order valence-electron chi connectivity index (χ0n) is 12.8. The van der Waals surface area contributed by atoms with Crippen LogP contribution < -0.4 is 0 Å². The van der Waals surface area contributed by atoms with Crippen molar-refractivity contribution in [1.82, 2.24) is 9.80 Å². The van der Waals surface area contributed by atoms with E-state index in [1.165, 1.54) is 0 Å². The Labute approximate surface area is 125 Å². The second-order valence-corrected chi connectivity index (χ2v) is 6.82. The summed E-state index contributed by atoms with van der Waals surface area (Å²) in [5.41, 5.74) is 0.721. The molecule has 1 aliphatic heterocycles. The topological polar surface area (TPSA) is 36.7 Å². The first-order valence-corrected chi connectivity index (χ1v) is 8.25. The number of carbonyl (C=O) groups is 1. The number of hydrogen-bond donors (Lipinski definition) is 0. The molecule has 1 amide bonds. The predicted octanol–water partition coefficient (Wildman–Crippen LogP) is 2.41. The quantitative estimate of drug-likeness (QED) is 0.858. The minimum Gasteiger partial charge on any atom is -0.466 e. The Balaban J connectivity index is 2.21. The van der Waals surface area contributed by atoms with Gasteiger partial charge in [0.25, 0.3) is 5.91 Å². The molecule has 20 heavy (non-hydrogen) atoms. The number of nitrogens with zero attached hydrogens (tertiary/aromatic N) is 2. The third kappa shape index (κ3) is 3.58. The fourth-order valence-corrected chi connectivity index (χ4v) is 3.72. The van der Waals surface area contributed by atoms with Crippen molar-refractivity contribution in [2.45, 2.75) is 26.3 Å². The Morgan fingerprint density at radius 3 is 2.85 bits per heavy atom. The summed E-state index contributed by atoms with van der Waals surface area (Å²) in [6, 6.07) is 2.14. The van der Waals surface area contributed by atoms with E-state index < -0.39 is 0 Å². The molecule has 1 atom stereocenters. The average Bonchev–Trinajstić information content (AvgIpc) is 2.58. The molecule has 112 valence electrons. The normalized spacial score (nSPS) is 20.2. The second-order valence-electron chi connectivity index (χ2n) is 5.67. The molecule has 0 N–H and O–H groups in total. The largest absolute Gasteiger partial charge is 0.466 e. The van der Waals surface area contributed by atoms with Gasteiger partial charge in [-0.25, -0.2) is 0 Å². The highest BCUT2D eigenvalue weighted by Gasteiger charge is 2.28. The van der Waals surface area contributed by atoms with Crippen LogP contribution in [0, 0.1) is 13.8 Å². The van der Waals surface area contributed by atoms with Crippen molar-refractivity contribution in [2.24, 2.45) is 0 Å². The van der Waals surface area contributed by atoms with Crippen molar-refractivity contribution >= 4 is 17.7 Å². The smallest absolute Gasteiger partial charge is 0.257 e. The van der Waals surface area contributed by atoms with Gasteiger partial charge in [0.05, 0.1) is 11.6 Å². The Hall–Kier alpha value is -0.940. The van der Waals surface area contributed by atoms with Crippen molar-refractivity contribution in [3.05, 3.63) is 23.2 Å². The van der Waals surface area contributed by atoms with Crippen LogP contribution in [-0.4, -0.2) is 60.4 Å². The highest BCUT2D eigenvalue weighted by molar-refractivity contribution is 7.99. The van der Waals surface area contributed by atoms with Gasteiger partial charge >= 0.3 is 0 Å². The number of aryl methyl sites for hydroxylation is 2. The van der Waals surface area contributed by atoms with Crippen LogP contribution in [-0.2, 0) is 0 Å². The zero-order chi connectivity index (χ0) is 14.7. The van der Waals surface area contributed by atoms with Crippen LogP contribution in [0.5, 0.6) is 0 Å². The molecule has 5 heteroatoms. The van der Waals surface area contributed by atoms with Gasteiger partial charge in [-0.1, -0.05) is 0 Å². The Kier molecular flexibility index (Phi) is 5.16. The molecule has 2 heterocycles. The number of amides is 1. The number of thioether (sulfide) groups is 1. The summed E-state index contributed by atoms with van der Waals surface area (Å²) < 4.78 is 5.51. The van der Waals surface area contributed by atoms with E-state index in [9.17, 15) is 4.79 Å². The molecule has 1 aromatic heterocycles. The van der Waals surface area contributed by atoms with Gasteiger partial charge in [-0.2, -0.15) is 11.8 Å². The predicted molar refractivity (Wildman–Crippen MR) is 83.5 cm³/mol. The lowest BCUT2D eigenvalue weighted by molar-refractivity contribution is 0.0674. The summed E-state index contributed by atoms with van der Waals surface area (Å²) in [7, 11) is 4.12. The first kappa shape index (κ1) is 15.4. The van der Waals surface area contributed by atoms with Crippen LogP contribution in [0.2, 0.25) is 0 Å². The van der Waals surface area contributed by atoms with Crippen LogP contribution in [0.15, 0.2) is 10.5 Å². The van der Waals surface area contributed by atoms with Gasteiger partial charge in [0, 0.05) is 18.8 Å². The summed E-state index contributed by atoms with van der Waals surface area (Å²) >= 11 is 1.95. The maximum atomic E-state index is 12.8. The average molecular weight is 296 g/mol. The van der Waals surface area contributed by atoms with Gasteiger partial charge in [0.15, 0.2) is 0 Å². The second kappa shape index (κ2) is 6.68. The van der Waals surface area contributed by atoms with Crippen LogP contribution in [0.25, 0.3) is 0 Å². The molecule has 4 nitrogen and oxygen atoms in total. The lowest BCUT2D eigenvalue weighted by atomic mass is 10.1. The molecule has 1 unspecified atom stereocenters. The number of furan rings is 1. The van der Waals surface area contributed by atoms with Gasteiger partial charge < -0.3 is 14.2 Å². The molecular formula is C15H24N2O2S. The summed E-state index contributed by atoms with van der Waals surface area (Å²) in [6.45, 7) is 5.51. The molecule has 1 aliphatic rings. The van der Waals surface area contributed by atoms with Gasteiger partial charge in [0.2, 0.25) is 0 Å². The van der Waals surface area contributed by atoms with Crippen molar-refractivity contribution in [2.75, 3.05) is 38.7 Å². The van der Waals surface area contributed by atoms with Crippen LogP contribution in [0.4, 0.5) is 0 Å². The van der Waals surface area contributed by atoms with E-state index in [0.717, 1.165) is 48.1 Å². The minimum absolute atomic E-state index is 0.119. The lowest BCUT2D eigenvalue weighted by Gasteiger charge is -2.31. The molecule has 0 aromatic carbocycles. The van der Waals surface area contributed by atoms with Gasteiger partial charge in [-0.3, -0.25) is 4.79 Å². The van der Waals surface area contributed by atoms with E-state index in [2.05, 4.69) is 19.0 Å². The highest BCUT2D eigenvalue weighted by Crippen LogP contribution is 2.22. The maximum absolute atomic E-state index is 12.8.